The van der Waals surface area contributed by atoms with Gasteiger partial charge in [0.15, 0.2) is 5.03 Å². The number of nitrogens with zero attached hydrogens (tertiary/aromatic N) is 2. The van der Waals surface area contributed by atoms with Gasteiger partial charge in [-0.1, -0.05) is 0 Å². The highest BCUT2D eigenvalue weighted by molar-refractivity contribution is 7.89. The summed E-state index contributed by atoms with van der Waals surface area (Å²) >= 11 is 0. The molecule has 7 heteroatoms. The molecule has 6 nitrogen and oxygen atoms in total. The molecule has 0 bridgehead atoms. The molecule has 0 aliphatic carbocycles. The standard InChI is InChI=1S/C8H16N4O2S/c1-12-8(4-7-10-12)15(13,14)11-6-3-2-5-9/h4,7,11H,2-3,5-6,9H2,1H3. The molecule has 0 unspecified atom stereocenters. The maximum absolute atomic E-state index is 11.7. The summed E-state index contributed by atoms with van der Waals surface area (Å²) in [5, 5.41) is 3.98. The van der Waals surface area contributed by atoms with Crippen molar-refractivity contribution in [2.75, 3.05) is 13.1 Å². The SMILES string of the molecule is Cn1nccc1S(=O)(=O)NCCCCN. The molecule has 0 fully saturated rings. The third-order valence-electron chi connectivity index (χ3n) is 1.97. The normalized spacial score (nSPS) is 11.9. The molecular weight excluding hydrogens is 216 g/mol. The third-order valence-corrected chi connectivity index (χ3v) is 3.51. The zero-order chi connectivity index (χ0) is 11.3. The highest BCUT2D eigenvalue weighted by Crippen LogP contribution is 2.05. The van der Waals surface area contributed by atoms with Gasteiger partial charge in [0, 0.05) is 13.6 Å². The van der Waals surface area contributed by atoms with Crippen molar-refractivity contribution in [3.8, 4) is 0 Å². The minimum atomic E-state index is -3.42. The molecule has 15 heavy (non-hydrogen) atoms. The molecule has 0 amide bonds. The quantitative estimate of drug-likeness (QED) is 0.643. The van der Waals surface area contributed by atoms with Gasteiger partial charge in [0.2, 0.25) is 0 Å². The Kier molecular flexibility index (Phi) is 4.25. The van der Waals surface area contributed by atoms with E-state index >= 15 is 0 Å². The molecular formula is C8H16N4O2S. The van der Waals surface area contributed by atoms with Crippen molar-refractivity contribution < 1.29 is 8.42 Å². The van der Waals surface area contributed by atoms with E-state index in [0.29, 0.717) is 13.1 Å². The van der Waals surface area contributed by atoms with E-state index in [-0.39, 0.29) is 5.03 Å². The Labute approximate surface area is 89.5 Å². The number of sulfonamides is 1. The van der Waals surface area contributed by atoms with Gasteiger partial charge in [-0.15, -0.1) is 0 Å². The summed E-state index contributed by atoms with van der Waals surface area (Å²) in [6, 6.07) is 1.46. The number of nitrogens with one attached hydrogen (secondary N) is 1. The molecule has 3 N–H and O–H groups in total. The lowest BCUT2D eigenvalue weighted by Crippen LogP contribution is -2.27. The van der Waals surface area contributed by atoms with Gasteiger partial charge in [-0.2, -0.15) is 5.10 Å². The minimum absolute atomic E-state index is 0.176. The van der Waals surface area contributed by atoms with E-state index in [9.17, 15) is 8.42 Å². The van der Waals surface area contributed by atoms with E-state index in [1.165, 1.54) is 16.9 Å². The van der Waals surface area contributed by atoms with Gasteiger partial charge in [0.25, 0.3) is 10.0 Å². The summed E-state index contributed by atoms with van der Waals surface area (Å²) in [6.45, 7) is 0.984. The fraction of sp³-hybridized carbons (Fsp3) is 0.625. The Morgan fingerprint density at radius 2 is 2.27 bits per heavy atom. The van der Waals surface area contributed by atoms with Crippen molar-refractivity contribution in [1.82, 2.24) is 14.5 Å². The number of hydrogen-bond acceptors (Lipinski definition) is 4. The van der Waals surface area contributed by atoms with Crippen LogP contribution in [-0.4, -0.2) is 31.3 Å². The second-order valence-electron chi connectivity index (χ2n) is 3.19. The molecule has 0 spiro atoms. The monoisotopic (exact) mass is 232 g/mol. The molecule has 0 atom stereocenters. The summed E-state index contributed by atoms with van der Waals surface area (Å²) in [5.74, 6) is 0. The van der Waals surface area contributed by atoms with Gasteiger partial charge in [0.05, 0.1) is 6.20 Å². The van der Waals surface area contributed by atoms with E-state index < -0.39 is 10.0 Å². The predicted octanol–water partition coefficient (Wildman–Crippen LogP) is -0.563. The smallest absolute Gasteiger partial charge is 0.257 e. The zero-order valence-corrected chi connectivity index (χ0v) is 9.50. The van der Waals surface area contributed by atoms with Crippen LogP contribution in [0.2, 0.25) is 0 Å². The maximum Gasteiger partial charge on any atom is 0.257 e. The lowest BCUT2D eigenvalue weighted by atomic mass is 10.3. The van der Waals surface area contributed by atoms with E-state index in [1.807, 2.05) is 0 Å². The Balaban J connectivity index is 2.57. The van der Waals surface area contributed by atoms with Gasteiger partial charge in [-0.25, -0.2) is 13.1 Å². The fourth-order valence-corrected chi connectivity index (χ4v) is 2.37. The summed E-state index contributed by atoms with van der Waals surface area (Å²) in [4.78, 5) is 0. The van der Waals surface area contributed by atoms with Crippen LogP contribution in [0.1, 0.15) is 12.8 Å². The van der Waals surface area contributed by atoms with Gasteiger partial charge >= 0.3 is 0 Å². The van der Waals surface area contributed by atoms with Crippen LogP contribution < -0.4 is 10.5 Å². The Bertz CT molecular complexity index is 399. The summed E-state index contributed by atoms with van der Waals surface area (Å²) < 4.78 is 27.2. The summed E-state index contributed by atoms with van der Waals surface area (Å²) in [5.41, 5.74) is 5.31. The molecule has 1 aromatic heterocycles. The van der Waals surface area contributed by atoms with Crippen LogP contribution in [0.4, 0.5) is 0 Å². The Morgan fingerprint density at radius 3 is 2.80 bits per heavy atom. The first-order valence-electron chi connectivity index (χ1n) is 4.75. The van der Waals surface area contributed by atoms with Crippen LogP contribution in [0.15, 0.2) is 17.3 Å². The van der Waals surface area contributed by atoms with Crippen LogP contribution in [0.5, 0.6) is 0 Å². The van der Waals surface area contributed by atoms with Gasteiger partial charge < -0.3 is 5.73 Å². The summed E-state index contributed by atoms with van der Waals surface area (Å²) in [7, 11) is -1.83. The number of aromatic nitrogens is 2. The average molecular weight is 232 g/mol. The van der Waals surface area contributed by atoms with E-state index in [4.69, 9.17) is 5.73 Å². The molecule has 1 rings (SSSR count). The second kappa shape index (κ2) is 5.24. The number of nitrogens with two attached hydrogens (primary N) is 1. The second-order valence-corrected chi connectivity index (χ2v) is 4.90. The molecule has 0 saturated carbocycles. The van der Waals surface area contributed by atoms with Crippen LogP contribution in [0, 0.1) is 0 Å². The predicted molar refractivity (Wildman–Crippen MR) is 56.7 cm³/mol. The molecule has 0 aliphatic rings. The Hall–Kier alpha value is -0.920. The molecule has 86 valence electrons. The maximum atomic E-state index is 11.7. The van der Waals surface area contributed by atoms with Crippen molar-refractivity contribution in [2.24, 2.45) is 12.8 Å². The van der Waals surface area contributed by atoms with Crippen molar-refractivity contribution in [3.05, 3.63) is 12.3 Å². The first kappa shape index (κ1) is 12.2. The number of rotatable bonds is 6. The molecule has 0 aromatic carbocycles. The highest BCUT2D eigenvalue weighted by Gasteiger charge is 2.16. The van der Waals surface area contributed by atoms with Gasteiger partial charge in [-0.05, 0) is 25.5 Å². The number of aryl methyl sites for hydroxylation is 1. The fourth-order valence-electron chi connectivity index (χ4n) is 1.18. The third kappa shape index (κ3) is 3.29. The molecule has 1 heterocycles. The van der Waals surface area contributed by atoms with Crippen molar-refractivity contribution in [3.63, 3.8) is 0 Å². The van der Waals surface area contributed by atoms with Crippen molar-refractivity contribution >= 4 is 10.0 Å². The first-order chi connectivity index (χ1) is 7.08. The van der Waals surface area contributed by atoms with Gasteiger partial charge in [0.1, 0.15) is 0 Å². The molecule has 0 radical (unpaired) electrons. The van der Waals surface area contributed by atoms with Crippen molar-refractivity contribution in [2.45, 2.75) is 17.9 Å². The topological polar surface area (TPSA) is 90.0 Å². The van der Waals surface area contributed by atoms with Crippen LogP contribution in [0.25, 0.3) is 0 Å². The van der Waals surface area contributed by atoms with Crippen LogP contribution in [0.3, 0.4) is 0 Å². The molecule has 0 saturated heterocycles. The van der Waals surface area contributed by atoms with Gasteiger partial charge in [-0.3, -0.25) is 4.68 Å². The Morgan fingerprint density at radius 1 is 1.53 bits per heavy atom. The first-order valence-corrected chi connectivity index (χ1v) is 6.24. The number of hydrogen-bond donors (Lipinski definition) is 2. The lowest BCUT2D eigenvalue weighted by Gasteiger charge is -2.05. The highest BCUT2D eigenvalue weighted by atomic mass is 32.2. The van der Waals surface area contributed by atoms with E-state index in [1.54, 1.807) is 7.05 Å². The summed E-state index contributed by atoms with van der Waals surface area (Å²) in [6.07, 6.45) is 3.01. The minimum Gasteiger partial charge on any atom is -0.330 e. The van der Waals surface area contributed by atoms with E-state index in [0.717, 1.165) is 12.8 Å². The van der Waals surface area contributed by atoms with Crippen molar-refractivity contribution in [1.29, 1.82) is 0 Å². The van der Waals surface area contributed by atoms with E-state index in [2.05, 4.69) is 9.82 Å². The van der Waals surface area contributed by atoms with Crippen LogP contribution in [-0.2, 0) is 17.1 Å². The lowest BCUT2D eigenvalue weighted by molar-refractivity contribution is 0.559. The molecule has 1 aromatic rings. The molecule has 0 aliphatic heterocycles. The average Bonchev–Trinajstić information content (AvgIpc) is 2.60. The number of unbranched alkanes of at least 4 members (excludes halogenated alkanes) is 1. The zero-order valence-electron chi connectivity index (χ0n) is 8.68. The largest absolute Gasteiger partial charge is 0.330 e. The van der Waals surface area contributed by atoms with Crippen LogP contribution >= 0.6 is 0 Å².